The summed E-state index contributed by atoms with van der Waals surface area (Å²) in [6.45, 7) is 4.94. The van der Waals surface area contributed by atoms with Crippen molar-refractivity contribution in [3.05, 3.63) is 39.6 Å². The first-order chi connectivity index (χ1) is 12.5. The number of aromatic nitrogens is 3. The van der Waals surface area contributed by atoms with Gasteiger partial charge < -0.3 is 14.0 Å². The topological polar surface area (TPSA) is 66.2 Å². The van der Waals surface area contributed by atoms with Crippen molar-refractivity contribution >= 4 is 40.7 Å². The molecule has 0 radical (unpaired) electrons. The number of carbonyl (C=O) groups is 1. The van der Waals surface area contributed by atoms with Crippen LogP contribution in [0, 0.1) is 0 Å². The molecule has 0 aliphatic rings. The predicted octanol–water partition coefficient (Wildman–Crippen LogP) is 4.04. The van der Waals surface area contributed by atoms with E-state index >= 15 is 0 Å². The molecule has 9 heteroatoms. The van der Waals surface area contributed by atoms with Gasteiger partial charge in [0.1, 0.15) is 5.82 Å². The molecule has 0 bridgehead atoms. The number of nitrogens with zero attached hydrogens (tertiary/aromatic N) is 3. The van der Waals surface area contributed by atoms with E-state index in [1.54, 1.807) is 18.2 Å². The third-order valence-electron chi connectivity index (χ3n) is 3.54. The fourth-order valence-electron chi connectivity index (χ4n) is 2.26. The molecule has 26 heavy (non-hydrogen) atoms. The van der Waals surface area contributed by atoms with Gasteiger partial charge in [0.15, 0.2) is 17.2 Å². The number of thioether (sulfide) groups is 1. The summed E-state index contributed by atoms with van der Waals surface area (Å²) in [5, 5.41) is 9.81. The standard InChI is InChI=1S/C17H21Cl2N3O3S/c1-4-24-16(25-5-2)9-15-20-21-17(22(15)3)26-10-14(23)12-7-6-11(18)8-13(12)19/h6-8,16H,4-5,9-10H2,1-3H3. The zero-order valence-corrected chi connectivity index (χ0v) is 17.2. The summed E-state index contributed by atoms with van der Waals surface area (Å²) in [6.07, 6.45) is 0.128. The largest absolute Gasteiger partial charge is 0.352 e. The van der Waals surface area contributed by atoms with E-state index in [9.17, 15) is 4.79 Å². The van der Waals surface area contributed by atoms with Gasteiger partial charge in [-0.05, 0) is 32.0 Å². The Labute approximate surface area is 167 Å². The molecule has 0 amide bonds. The van der Waals surface area contributed by atoms with Crippen LogP contribution in [0.1, 0.15) is 30.0 Å². The molecule has 0 unspecified atom stereocenters. The molecule has 0 atom stereocenters. The van der Waals surface area contributed by atoms with Gasteiger partial charge in [0.05, 0.1) is 17.2 Å². The van der Waals surface area contributed by atoms with E-state index in [2.05, 4.69) is 10.2 Å². The van der Waals surface area contributed by atoms with E-state index in [0.29, 0.717) is 40.4 Å². The minimum atomic E-state index is -0.361. The fraction of sp³-hybridized carbons (Fsp3) is 0.471. The molecule has 0 saturated carbocycles. The van der Waals surface area contributed by atoms with Gasteiger partial charge in [-0.25, -0.2) is 0 Å². The van der Waals surface area contributed by atoms with E-state index in [0.717, 1.165) is 5.82 Å². The number of hydrogen-bond acceptors (Lipinski definition) is 6. The average Bonchev–Trinajstić information content (AvgIpc) is 2.93. The Morgan fingerprint density at radius 2 is 1.92 bits per heavy atom. The Balaban J connectivity index is 2.00. The van der Waals surface area contributed by atoms with E-state index in [4.69, 9.17) is 32.7 Å². The van der Waals surface area contributed by atoms with Crippen molar-refractivity contribution in [3.8, 4) is 0 Å². The van der Waals surface area contributed by atoms with Crippen LogP contribution in [0.2, 0.25) is 10.0 Å². The predicted molar refractivity (Wildman–Crippen MR) is 103 cm³/mol. The summed E-state index contributed by atoms with van der Waals surface area (Å²) in [5.74, 6) is 0.840. The minimum absolute atomic E-state index is 0.0947. The van der Waals surface area contributed by atoms with E-state index in [1.165, 1.54) is 11.8 Å². The normalized spacial score (nSPS) is 11.3. The molecule has 0 aliphatic heterocycles. The number of ether oxygens (including phenoxy) is 2. The molecule has 0 aliphatic carbocycles. The SMILES string of the molecule is CCOC(Cc1nnc(SCC(=O)c2ccc(Cl)cc2Cl)n1C)OCC. The summed E-state index contributed by atoms with van der Waals surface area (Å²) >= 11 is 13.2. The molecule has 2 rings (SSSR count). The fourth-order valence-corrected chi connectivity index (χ4v) is 3.59. The van der Waals surface area contributed by atoms with Crippen LogP contribution >= 0.6 is 35.0 Å². The van der Waals surface area contributed by atoms with Gasteiger partial charge in [-0.1, -0.05) is 35.0 Å². The number of halogens is 2. The Hall–Kier alpha value is -1.12. The summed E-state index contributed by atoms with van der Waals surface area (Å²) in [6, 6.07) is 4.83. The molecule has 1 aromatic heterocycles. The second kappa shape index (κ2) is 10.3. The number of Topliss-reactive ketones (excluding diaryl/α,β-unsaturated/α-hetero) is 1. The summed E-state index contributed by atoms with van der Waals surface area (Å²) < 4.78 is 12.9. The van der Waals surface area contributed by atoms with Gasteiger partial charge in [-0.2, -0.15) is 0 Å². The quantitative estimate of drug-likeness (QED) is 0.330. The van der Waals surface area contributed by atoms with Crippen LogP contribution in [0.15, 0.2) is 23.4 Å². The Morgan fingerprint density at radius 1 is 1.23 bits per heavy atom. The van der Waals surface area contributed by atoms with Crippen LogP contribution in [0.4, 0.5) is 0 Å². The smallest absolute Gasteiger partial charge is 0.191 e. The molecular formula is C17H21Cl2N3O3S. The first-order valence-corrected chi connectivity index (χ1v) is 9.92. The van der Waals surface area contributed by atoms with Crippen molar-refractivity contribution < 1.29 is 14.3 Å². The van der Waals surface area contributed by atoms with Crippen LogP contribution in [-0.2, 0) is 22.9 Å². The lowest BCUT2D eigenvalue weighted by Gasteiger charge is -2.16. The van der Waals surface area contributed by atoms with Crippen molar-refractivity contribution in [1.29, 1.82) is 0 Å². The zero-order valence-electron chi connectivity index (χ0n) is 14.9. The summed E-state index contributed by atoms with van der Waals surface area (Å²) in [5.41, 5.74) is 0.443. The van der Waals surface area contributed by atoms with E-state index in [-0.39, 0.29) is 17.8 Å². The van der Waals surface area contributed by atoms with Gasteiger partial charge in [0.2, 0.25) is 0 Å². The lowest BCUT2D eigenvalue weighted by atomic mass is 10.1. The number of rotatable bonds is 10. The third-order valence-corrected chi connectivity index (χ3v) is 5.11. The van der Waals surface area contributed by atoms with Crippen LogP contribution in [0.5, 0.6) is 0 Å². The minimum Gasteiger partial charge on any atom is -0.352 e. The summed E-state index contributed by atoms with van der Waals surface area (Å²) in [7, 11) is 1.85. The zero-order chi connectivity index (χ0) is 19.1. The van der Waals surface area contributed by atoms with Crippen LogP contribution in [0.3, 0.4) is 0 Å². The van der Waals surface area contributed by atoms with Crippen molar-refractivity contribution in [2.45, 2.75) is 31.7 Å². The average molecular weight is 418 g/mol. The maximum absolute atomic E-state index is 12.4. The van der Waals surface area contributed by atoms with E-state index in [1.807, 2.05) is 25.5 Å². The van der Waals surface area contributed by atoms with Crippen molar-refractivity contribution in [3.63, 3.8) is 0 Å². The highest BCUT2D eigenvalue weighted by molar-refractivity contribution is 7.99. The Kier molecular flexibility index (Phi) is 8.37. The van der Waals surface area contributed by atoms with Gasteiger partial charge in [0, 0.05) is 30.8 Å². The monoisotopic (exact) mass is 417 g/mol. The molecule has 0 saturated heterocycles. The highest BCUT2D eigenvalue weighted by atomic mass is 35.5. The third kappa shape index (κ3) is 5.69. The van der Waals surface area contributed by atoms with Gasteiger partial charge in [0.25, 0.3) is 0 Å². The highest BCUT2D eigenvalue weighted by Gasteiger charge is 2.18. The molecule has 0 fully saturated rings. The molecule has 6 nitrogen and oxygen atoms in total. The van der Waals surface area contributed by atoms with Crippen molar-refractivity contribution in [1.82, 2.24) is 14.8 Å². The molecule has 2 aromatic rings. The lowest BCUT2D eigenvalue weighted by molar-refractivity contribution is -0.135. The second-order valence-corrected chi connectivity index (χ2v) is 7.12. The van der Waals surface area contributed by atoms with Gasteiger partial charge in [-0.15, -0.1) is 10.2 Å². The Bertz CT molecular complexity index is 749. The number of carbonyl (C=O) groups excluding carboxylic acids is 1. The van der Waals surface area contributed by atoms with Crippen LogP contribution in [-0.4, -0.2) is 45.8 Å². The van der Waals surface area contributed by atoms with E-state index < -0.39 is 0 Å². The molecule has 0 spiro atoms. The first-order valence-electron chi connectivity index (χ1n) is 8.18. The van der Waals surface area contributed by atoms with Crippen LogP contribution < -0.4 is 0 Å². The molecule has 1 heterocycles. The molecule has 0 N–H and O–H groups in total. The highest BCUT2D eigenvalue weighted by Crippen LogP contribution is 2.24. The van der Waals surface area contributed by atoms with Crippen molar-refractivity contribution in [2.24, 2.45) is 7.05 Å². The molecule has 142 valence electrons. The molecule has 1 aromatic carbocycles. The van der Waals surface area contributed by atoms with Gasteiger partial charge in [-0.3, -0.25) is 4.79 Å². The van der Waals surface area contributed by atoms with Crippen LogP contribution in [0.25, 0.3) is 0 Å². The Morgan fingerprint density at radius 3 is 2.54 bits per heavy atom. The summed E-state index contributed by atoms with van der Waals surface area (Å²) in [4.78, 5) is 12.4. The maximum atomic E-state index is 12.4. The number of benzene rings is 1. The molecular weight excluding hydrogens is 397 g/mol. The number of hydrogen-bond donors (Lipinski definition) is 0. The lowest BCUT2D eigenvalue weighted by Crippen LogP contribution is -2.22. The second-order valence-electron chi connectivity index (χ2n) is 5.34. The number of ketones is 1. The van der Waals surface area contributed by atoms with Crippen molar-refractivity contribution in [2.75, 3.05) is 19.0 Å². The van der Waals surface area contributed by atoms with Gasteiger partial charge >= 0.3 is 0 Å². The first kappa shape index (κ1) is 21.2. The maximum Gasteiger partial charge on any atom is 0.191 e.